The molecule has 0 unspecified atom stereocenters. The number of carbonyl (C=O) groups is 1. The van der Waals surface area contributed by atoms with Crippen LogP contribution in [0.2, 0.25) is 0 Å². The Labute approximate surface area is 124 Å². The molecule has 1 atom stereocenters. The van der Waals surface area contributed by atoms with Gasteiger partial charge in [0.1, 0.15) is 6.04 Å². The number of nitrogens with zero attached hydrogens (tertiary/aromatic N) is 1. The Morgan fingerprint density at radius 2 is 1.62 bits per heavy atom. The van der Waals surface area contributed by atoms with Gasteiger partial charge in [-0.3, -0.25) is 4.79 Å². The predicted molar refractivity (Wildman–Crippen MR) is 79.3 cm³/mol. The van der Waals surface area contributed by atoms with Gasteiger partial charge in [0.2, 0.25) is 10.0 Å². The van der Waals surface area contributed by atoms with Crippen molar-refractivity contribution in [1.29, 1.82) is 0 Å². The maximum Gasteiger partial charge on any atom is 0.244 e. The number of rotatable bonds is 3. The van der Waals surface area contributed by atoms with Gasteiger partial charge in [-0.15, -0.1) is 0 Å². The Morgan fingerprint density at radius 3 is 2.19 bits per heavy atom. The molecule has 0 N–H and O–H groups in total. The molecular formula is C16H15NO3S. The molecule has 108 valence electrons. The second-order valence-electron chi connectivity index (χ2n) is 5.14. The Bertz CT molecular complexity index is 767. The summed E-state index contributed by atoms with van der Waals surface area (Å²) in [7, 11) is -3.64. The van der Waals surface area contributed by atoms with Crippen molar-refractivity contribution in [3.8, 4) is 0 Å². The van der Waals surface area contributed by atoms with Gasteiger partial charge in [-0.2, -0.15) is 4.31 Å². The topological polar surface area (TPSA) is 54.5 Å². The number of benzene rings is 2. The molecule has 0 spiro atoms. The Kier molecular flexibility index (Phi) is 3.39. The van der Waals surface area contributed by atoms with E-state index in [1.165, 1.54) is 4.31 Å². The van der Waals surface area contributed by atoms with Crippen LogP contribution in [0.15, 0.2) is 59.5 Å². The zero-order valence-corrected chi connectivity index (χ0v) is 12.4. The summed E-state index contributed by atoms with van der Waals surface area (Å²) < 4.78 is 26.5. The highest BCUT2D eigenvalue weighted by Gasteiger charge is 2.46. The highest BCUT2D eigenvalue weighted by molar-refractivity contribution is 7.89. The van der Waals surface area contributed by atoms with Crippen LogP contribution >= 0.6 is 0 Å². The third kappa shape index (κ3) is 2.39. The minimum atomic E-state index is -3.64. The lowest BCUT2D eigenvalue weighted by molar-refractivity contribution is -0.131. The van der Waals surface area contributed by atoms with Crippen LogP contribution in [0.25, 0.3) is 0 Å². The lowest BCUT2D eigenvalue weighted by Crippen LogP contribution is -2.53. The van der Waals surface area contributed by atoms with Crippen LogP contribution in [0.5, 0.6) is 0 Å². The summed E-state index contributed by atoms with van der Waals surface area (Å²) in [6.07, 6.45) is 0. The van der Waals surface area contributed by atoms with E-state index in [0.29, 0.717) is 5.56 Å². The molecule has 0 bridgehead atoms. The molecule has 21 heavy (non-hydrogen) atoms. The van der Waals surface area contributed by atoms with Gasteiger partial charge < -0.3 is 0 Å². The second-order valence-corrected chi connectivity index (χ2v) is 7.03. The fraction of sp³-hybridized carbons (Fsp3) is 0.188. The number of aryl methyl sites for hydroxylation is 1. The fourth-order valence-corrected chi connectivity index (χ4v) is 4.00. The molecule has 1 fully saturated rings. The summed E-state index contributed by atoms with van der Waals surface area (Å²) in [5, 5.41) is 0. The maximum absolute atomic E-state index is 12.6. The zero-order chi connectivity index (χ0) is 15.0. The van der Waals surface area contributed by atoms with E-state index in [4.69, 9.17) is 0 Å². The lowest BCUT2D eigenvalue weighted by Gasteiger charge is -2.38. The van der Waals surface area contributed by atoms with Gasteiger partial charge in [-0.1, -0.05) is 48.0 Å². The molecule has 1 saturated heterocycles. The first-order valence-electron chi connectivity index (χ1n) is 6.66. The SMILES string of the molecule is Cc1ccc(S(=O)(=O)N2CC(=O)[C@@H]2c2ccccc2)cc1. The van der Waals surface area contributed by atoms with Gasteiger partial charge in [0.05, 0.1) is 11.4 Å². The molecule has 3 rings (SSSR count). The molecule has 1 aliphatic rings. The van der Waals surface area contributed by atoms with E-state index < -0.39 is 16.1 Å². The van der Waals surface area contributed by atoms with Crippen LogP contribution in [0, 0.1) is 6.92 Å². The quantitative estimate of drug-likeness (QED) is 0.874. The van der Waals surface area contributed by atoms with E-state index in [-0.39, 0.29) is 17.2 Å². The van der Waals surface area contributed by atoms with Crippen LogP contribution in [-0.4, -0.2) is 25.1 Å². The Morgan fingerprint density at radius 1 is 1.00 bits per heavy atom. The molecule has 0 amide bonds. The van der Waals surface area contributed by atoms with Crippen molar-refractivity contribution in [3.05, 3.63) is 65.7 Å². The first kappa shape index (κ1) is 14.0. The Hall–Kier alpha value is -1.98. The average Bonchev–Trinajstić information content (AvgIpc) is 2.46. The first-order valence-corrected chi connectivity index (χ1v) is 8.10. The molecule has 4 nitrogen and oxygen atoms in total. The second kappa shape index (κ2) is 5.09. The van der Waals surface area contributed by atoms with Crippen LogP contribution in [0.4, 0.5) is 0 Å². The van der Waals surface area contributed by atoms with E-state index in [2.05, 4.69) is 0 Å². The number of carbonyl (C=O) groups excluding carboxylic acids is 1. The minimum absolute atomic E-state index is 0.0598. The Balaban J connectivity index is 1.96. The van der Waals surface area contributed by atoms with Crippen molar-refractivity contribution in [2.24, 2.45) is 0 Å². The van der Waals surface area contributed by atoms with Crippen molar-refractivity contribution in [2.75, 3.05) is 6.54 Å². The number of Topliss-reactive ketones (excluding diaryl/α,β-unsaturated/α-hetero) is 1. The van der Waals surface area contributed by atoms with Gasteiger partial charge in [-0.05, 0) is 24.6 Å². The molecule has 2 aromatic rings. The summed E-state index contributed by atoms with van der Waals surface area (Å²) in [5.41, 5.74) is 1.71. The smallest absolute Gasteiger partial charge is 0.244 e. The third-order valence-electron chi connectivity index (χ3n) is 3.65. The number of sulfonamides is 1. The first-order chi connectivity index (χ1) is 10.00. The van der Waals surface area contributed by atoms with Crippen LogP contribution in [0.1, 0.15) is 17.2 Å². The molecule has 0 saturated carbocycles. The molecule has 0 radical (unpaired) electrons. The number of hydrogen-bond donors (Lipinski definition) is 0. The normalized spacial score (nSPS) is 19.3. The maximum atomic E-state index is 12.6. The van der Waals surface area contributed by atoms with Crippen LogP contribution in [0.3, 0.4) is 0 Å². The van der Waals surface area contributed by atoms with Crippen molar-refractivity contribution in [3.63, 3.8) is 0 Å². The van der Waals surface area contributed by atoms with Crippen molar-refractivity contribution in [1.82, 2.24) is 4.31 Å². The van der Waals surface area contributed by atoms with Gasteiger partial charge in [0.25, 0.3) is 0 Å². The van der Waals surface area contributed by atoms with E-state index >= 15 is 0 Å². The summed E-state index contributed by atoms with van der Waals surface area (Å²) >= 11 is 0. The molecular weight excluding hydrogens is 286 g/mol. The highest BCUT2D eigenvalue weighted by Crippen LogP contribution is 2.35. The molecule has 5 heteroatoms. The van der Waals surface area contributed by atoms with Crippen molar-refractivity contribution < 1.29 is 13.2 Å². The highest BCUT2D eigenvalue weighted by atomic mass is 32.2. The molecule has 1 heterocycles. The van der Waals surface area contributed by atoms with Crippen molar-refractivity contribution >= 4 is 15.8 Å². The lowest BCUT2D eigenvalue weighted by atomic mass is 9.97. The van der Waals surface area contributed by atoms with E-state index in [1.807, 2.05) is 13.0 Å². The van der Waals surface area contributed by atoms with Gasteiger partial charge in [0, 0.05) is 0 Å². The largest absolute Gasteiger partial charge is 0.296 e. The number of ketones is 1. The molecule has 1 aliphatic heterocycles. The monoisotopic (exact) mass is 301 g/mol. The van der Waals surface area contributed by atoms with Crippen molar-refractivity contribution in [2.45, 2.75) is 17.9 Å². The van der Waals surface area contributed by atoms with E-state index in [1.54, 1.807) is 48.5 Å². The molecule has 0 aliphatic carbocycles. The van der Waals surface area contributed by atoms with Crippen LogP contribution in [-0.2, 0) is 14.8 Å². The van der Waals surface area contributed by atoms with E-state index in [9.17, 15) is 13.2 Å². The van der Waals surface area contributed by atoms with Crippen LogP contribution < -0.4 is 0 Å². The average molecular weight is 301 g/mol. The van der Waals surface area contributed by atoms with E-state index in [0.717, 1.165) is 5.56 Å². The van der Waals surface area contributed by atoms with Gasteiger partial charge >= 0.3 is 0 Å². The predicted octanol–water partition coefficient (Wildman–Crippen LogP) is 2.31. The number of hydrogen-bond acceptors (Lipinski definition) is 3. The summed E-state index contributed by atoms with van der Waals surface area (Å²) in [6.45, 7) is 1.84. The minimum Gasteiger partial charge on any atom is -0.296 e. The summed E-state index contributed by atoms with van der Waals surface area (Å²) in [5.74, 6) is -0.0723. The fourth-order valence-electron chi connectivity index (χ4n) is 2.44. The summed E-state index contributed by atoms with van der Waals surface area (Å²) in [4.78, 5) is 12.1. The third-order valence-corrected chi connectivity index (χ3v) is 5.47. The molecule has 0 aromatic heterocycles. The van der Waals surface area contributed by atoms with Gasteiger partial charge in [0.15, 0.2) is 5.78 Å². The zero-order valence-electron chi connectivity index (χ0n) is 11.6. The standard InChI is InChI=1S/C16H15NO3S/c1-12-7-9-14(10-8-12)21(19,20)17-11-15(18)16(17)13-5-3-2-4-6-13/h2-10,16H,11H2,1H3/t16-/m0/s1. The molecule has 2 aromatic carbocycles. The van der Waals surface area contributed by atoms with Gasteiger partial charge in [-0.25, -0.2) is 8.42 Å². The summed E-state index contributed by atoms with van der Waals surface area (Å²) in [6, 6.07) is 15.0.